The molecular formula is C19H23NO3. The first-order valence-electron chi connectivity index (χ1n) is 8.69. The molecule has 4 heteroatoms. The van der Waals surface area contributed by atoms with E-state index in [9.17, 15) is 14.7 Å². The van der Waals surface area contributed by atoms with E-state index in [1.807, 2.05) is 25.1 Å². The number of carbonyl (C=O) groups excluding carboxylic acids is 1. The van der Waals surface area contributed by atoms with Crippen molar-refractivity contribution in [2.75, 3.05) is 0 Å². The van der Waals surface area contributed by atoms with Crippen molar-refractivity contribution in [1.29, 1.82) is 0 Å². The second-order valence-electron chi connectivity index (χ2n) is 7.43. The Morgan fingerprint density at radius 1 is 1.17 bits per heavy atom. The molecule has 0 radical (unpaired) electrons. The molecule has 3 fully saturated rings. The summed E-state index contributed by atoms with van der Waals surface area (Å²) in [5.74, 6) is 1.48. The normalized spacial score (nSPS) is 36.1. The molecule has 5 unspecified atom stereocenters. The average molecular weight is 313 g/mol. The third-order valence-corrected chi connectivity index (χ3v) is 6.54. The van der Waals surface area contributed by atoms with Gasteiger partial charge in [-0.15, -0.1) is 0 Å². The highest BCUT2D eigenvalue weighted by molar-refractivity contribution is 5.90. The fourth-order valence-electron chi connectivity index (χ4n) is 5.38. The van der Waals surface area contributed by atoms with E-state index in [0.29, 0.717) is 35.7 Å². The molecule has 3 saturated carbocycles. The minimum atomic E-state index is -1.31. The molecule has 3 aliphatic rings. The van der Waals surface area contributed by atoms with Crippen LogP contribution in [0.25, 0.3) is 0 Å². The Labute approximate surface area is 136 Å². The van der Waals surface area contributed by atoms with Crippen molar-refractivity contribution in [1.82, 2.24) is 5.32 Å². The van der Waals surface area contributed by atoms with Crippen LogP contribution in [0, 0.1) is 29.6 Å². The molecule has 1 aromatic rings. The van der Waals surface area contributed by atoms with Gasteiger partial charge in [0.05, 0.1) is 0 Å². The summed E-state index contributed by atoms with van der Waals surface area (Å²) in [5, 5.41) is 12.7. The minimum absolute atomic E-state index is 0.0511. The van der Waals surface area contributed by atoms with Crippen molar-refractivity contribution in [3.05, 3.63) is 35.9 Å². The molecule has 0 saturated heterocycles. The lowest BCUT2D eigenvalue weighted by Gasteiger charge is -2.30. The van der Waals surface area contributed by atoms with Gasteiger partial charge in [-0.1, -0.05) is 37.3 Å². The lowest BCUT2D eigenvalue weighted by atomic mass is 9.86. The Bertz CT molecular complexity index is 627. The minimum Gasteiger partial charge on any atom is -0.479 e. The number of hydrogen-bond acceptors (Lipinski definition) is 2. The molecule has 0 aliphatic heterocycles. The SMILES string of the molecule is CCC(NC(=O)C1C2C3CCC(C3)C12)(C(=O)O)c1ccccc1. The van der Waals surface area contributed by atoms with Gasteiger partial charge in [-0.3, -0.25) is 4.79 Å². The first kappa shape index (κ1) is 14.7. The van der Waals surface area contributed by atoms with Crippen LogP contribution in [0.2, 0.25) is 0 Å². The average Bonchev–Trinajstić information content (AvgIpc) is 3.01. The lowest BCUT2D eigenvalue weighted by molar-refractivity contribution is -0.148. The first-order chi connectivity index (χ1) is 11.1. The number of hydrogen-bond donors (Lipinski definition) is 2. The van der Waals surface area contributed by atoms with Gasteiger partial charge in [0.1, 0.15) is 0 Å². The van der Waals surface area contributed by atoms with Crippen LogP contribution < -0.4 is 5.32 Å². The third-order valence-electron chi connectivity index (χ3n) is 6.54. The van der Waals surface area contributed by atoms with Crippen LogP contribution >= 0.6 is 0 Å². The molecule has 23 heavy (non-hydrogen) atoms. The molecule has 5 atom stereocenters. The quantitative estimate of drug-likeness (QED) is 0.878. The molecule has 1 aromatic carbocycles. The molecule has 2 N–H and O–H groups in total. The highest BCUT2D eigenvalue weighted by Crippen LogP contribution is 2.69. The summed E-state index contributed by atoms with van der Waals surface area (Å²) in [4.78, 5) is 24.8. The molecule has 122 valence electrons. The van der Waals surface area contributed by atoms with Crippen molar-refractivity contribution in [2.45, 2.75) is 38.1 Å². The van der Waals surface area contributed by atoms with E-state index in [1.165, 1.54) is 19.3 Å². The molecule has 4 nitrogen and oxygen atoms in total. The summed E-state index contributed by atoms with van der Waals surface area (Å²) in [6.45, 7) is 1.82. The monoisotopic (exact) mass is 313 g/mol. The Hall–Kier alpha value is -1.84. The number of rotatable bonds is 5. The number of carboxylic acid groups (broad SMARTS) is 1. The predicted octanol–water partition coefficient (Wildman–Crippen LogP) is 2.78. The molecule has 0 spiro atoms. The fraction of sp³-hybridized carbons (Fsp3) is 0.579. The van der Waals surface area contributed by atoms with Gasteiger partial charge in [-0.2, -0.15) is 0 Å². The second kappa shape index (κ2) is 5.08. The number of carboxylic acids is 1. The van der Waals surface area contributed by atoms with Gasteiger partial charge in [0.25, 0.3) is 0 Å². The number of carbonyl (C=O) groups is 2. The van der Waals surface area contributed by atoms with Crippen LogP contribution in [0.4, 0.5) is 0 Å². The molecule has 4 rings (SSSR count). The van der Waals surface area contributed by atoms with Crippen LogP contribution in [0.15, 0.2) is 30.3 Å². The highest BCUT2D eigenvalue weighted by atomic mass is 16.4. The van der Waals surface area contributed by atoms with Gasteiger partial charge in [0, 0.05) is 5.92 Å². The number of nitrogens with one attached hydrogen (secondary N) is 1. The zero-order chi connectivity index (χ0) is 16.2. The summed E-state index contributed by atoms with van der Waals surface area (Å²) in [6.07, 6.45) is 4.14. The van der Waals surface area contributed by atoms with Gasteiger partial charge in [-0.05, 0) is 54.9 Å². The number of fused-ring (bicyclic) bond motifs is 5. The largest absolute Gasteiger partial charge is 0.479 e. The zero-order valence-electron chi connectivity index (χ0n) is 13.4. The van der Waals surface area contributed by atoms with Crippen molar-refractivity contribution in [2.24, 2.45) is 29.6 Å². The van der Waals surface area contributed by atoms with E-state index in [1.54, 1.807) is 12.1 Å². The fourth-order valence-corrected chi connectivity index (χ4v) is 5.38. The smallest absolute Gasteiger partial charge is 0.334 e. The summed E-state index contributed by atoms with van der Waals surface area (Å²) >= 11 is 0. The Kier molecular flexibility index (Phi) is 3.26. The summed E-state index contributed by atoms with van der Waals surface area (Å²) in [7, 11) is 0. The van der Waals surface area contributed by atoms with Crippen molar-refractivity contribution in [3.8, 4) is 0 Å². The molecule has 3 aliphatic carbocycles. The molecule has 0 heterocycles. The molecule has 1 amide bonds. The summed E-state index contributed by atoms with van der Waals surface area (Å²) < 4.78 is 0. The Morgan fingerprint density at radius 2 is 1.78 bits per heavy atom. The summed E-state index contributed by atoms with van der Waals surface area (Å²) in [5.41, 5.74) is -0.661. The van der Waals surface area contributed by atoms with Crippen molar-refractivity contribution >= 4 is 11.9 Å². The van der Waals surface area contributed by atoms with Crippen LogP contribution in [-0.2, 0) is 15.1 Å². The van der Waals surface area contributed by atoms with Crippen LogP contribution in [-0.4, -0.2) is 17.0 Å². The zero-order valence-corrected chi connectivity index (χ0v) is 13.4. The maximum atomic E-state index is 12.8. The molecule has 0 aromatic heterocycles. The highest BCUT2D eigenvalue weighted by Gasteiger charge is 2.68. The van der Waals surface area contributed by atoms with E-state index in [-0.39, 0.29) is 11.8 Å². The second-order valence-corrected chi connectivity index (χ2v) is 7.43. The molecular weight excluding hydrogens is 290 g/mol. The van der Waals surface area contributed by atoms with Crippen molar-refractivity contribution in [3.63, 3.8) is 0 Å². The van der Waals surface area contributed by atoms with Gasteiger partial charge >= 0.3 is 5.97 Å². The van der Waals surface area contributed by atoms with Crippen molar-refractivity contribution < 1.29 is 14.7 Å². The number of amides is 1. The van der Waals surface area contributed by atoms with Crippen LogP contribution in [0.5, 0.6) is 0 Å². The third kappa shape index (κ3) is 2.03. The Morgan fingerprint density at radius 3 is 2.30 bits per heavy atom. The lowest BCUT2D eigenvalue weighted by Crippen LogP contribution is -2.52. The van der Waals surface area contributed by atoms with Crippen LogP contribution in [0.3, 0.4) is 0 Å². The van der Waals surface area contributed by atoms with Crippen LogP contribution in [0.1, 0.15) is 38.2 Å². The van der Waals surface area contributed by atoms with Gasteiger partial charge < -0.3 is 10.4 Å². The molecule has 2 bridgehead atoms. The van der Waals surface area contributed by atoms with E-state index < -0.39 is 11.5 Å². The standard InChI is InChI=1S/C19H23NO3/c1-2-19(18(22)23,13-6-4-3-5-7-13)20-17(21)16-14-11-8-9-12(10-11)15(14)16/h3-7,11-12,14-16H,2,8-10H2,1H3,(H,20,21)(H,22,23). The number of aliphatic carboxylic acids is 1. The van der Waals surface area contributed by atoms with E-state index in [2.05, 4.69) is 5.32 Å². The van der Waals surface area contributed by atoms with E-state index in [4.69, 9.17) is 0 Å². The predicted molar refractivity (Wildman–Crippen MR) is 85.5 cm³/mol. The maximum Gasteiger partial charge on any atom is 0.334 e. The number of benzene rings is 1. The van der Waals surface area contributed by atoms with Gasteiger partial charge in [-0.25, -0.2) is 4.79 Å². The van der Waals surface area contributed by atoms with E-state index in [0.717, 1.165) is 0 Å². The Balaban J connectivity index is 1.57. The topological polar surface area (TPSA) is 66.4 Å². The van der Waals surface area contributed by atoms with Gasteiger partial charge in [0.15, 0.2) is 5.54 Å². The summed E-state index contributed by atoms with van der Waals surface area (Å²) in [6, 6.07) is 9.07. The first-order valence-corrected chi connectivity index (χ1v) is 8.69. The van der Waals surface area contributed by atoms with Gasteiger partial charge in [0.2, 0.25) is 5.91 Å². The van der Waals surface area contributed by atoms with E-state index >= 15 is 0 Å². The maximum absolute atomic E-state index is 12.8.